The van der Waals surface area contributed by atoms with E-state index in [-0.39, 0.29) is 18.2 Å². The molecule has 1 aromatic carbocycles. The summed E-state index contributed by atoms with van der Waals surface area (Å²) < 4.78 is 10.8. The molecule has 2 atom stereocenters. The van der Waals surface area contributed by atoms with E-state index in [4.69, 9.17) is 15.2 Å². The number of rotatable bonds is 3. The van der Waals surface area contributed by atoms with Crippen LogP contribution < -0.4 is 10.6 Å². The monoisotopic (exact) mass is 278 g/mol. The van der Waals surface area contributed by atoms with E-state index in [2.05, 4.69) is 4.90 Å². The molecule has 0 spiro atoms. The predicted molar refractivity (Wildman–Crippen MR) is 79.0 cm³/mol. The second kappa shape index (κ2) is 6.13. The summed E-state index contributed by atoms with van der Waals surface area (Å²) in [6.45, 7) is 7.82. The average Bonchev–Trinajstić information content (AvgIpc) is 2.38. The van der Waals surface area contributed by atoms with E-state index in [1.54, 1.807) is 19.1 Å². The number of esters is 1. The van der Waals surface area contributed by atoms with Crippen molar-refractivity contribution in [2.24, 2.45) is 0 Å². The van der Waals surface area contributed by atoms with Gasteiger partial charge < -0.3 is 20.1 Å². The molecule has 1 aliphatic rings. The maximum absolute atomic E-state index is 11.9. The summed E-state index contributed by atoms with van der Waals surface area (Å²) >= 11 is 0. The molecule has 5 heteroatoms. The smallest absolute Gasteiger partial charge is 0.340 e. The van der Waals surface area contributed by atoms with Gasteiger partial charge in [0.25, 0.3) is 0 Å². The Balaban J connectivity index is 2.24. The lowest BCUT2D eigenvalue weighted by Crippen LogP contribution is -2.45. The van der Waals surface area contributed by atoms with E-state index < -0.39 is 0 Å². The van der Waals surface area contributed by atoms with Crippen LogP contribution in [0.3, 0.4) is 0 Å². The van der Waals surface area contributed by atoms with Gasteiger partial charge in [-0.15, -0.1) is 0 Å². The van der Waals surface area contributed by atoms with Crippen LogP contribution in [0.1, 0.15) is 31.1 Å². The van der Waals surface area contributed by atoms with Crippen molar-refractivity contribution < 1.29 is 14.3 Å². The zero-order chi connectivity index (χ0) is 14.7. The number of hydrogen-bond donors (Lipinski definition) is 1. The van der Waals surface area contributed by atoms with Crippen LogP contribution >= 0.6 is 0 Å². The molecule has 1 heterocycles. The number of nitrogen functional groups attached to an aromatic ring is 1. The largest absolute Gasteiger partial charge is 0.462 e. The van der Waals surface area contributed by atoms with Gasteiger partial charge in [0.05, 0.1) is 24.4 Å². The van der Waals surface area contributed by atoms with Crippen molar-refractivity contribution in [1.82, 2.24) is 0 Å². The molecule has 2 N–H and O–H groups in total. The number of carbonyl (C=O) groups is 1. The summed E-state index contributed by atoms with van der Waals surface area (Å²) in [5.41, 5.74) is 7.71. The topological polar surface area (TPSA) is 64.8 Å². The molecule has 0 aliphatic carbocycles. The van der Waals surface area contributed by atoms with Crippen molar-refractivity contribution in [1.29, 1.82) is 0 Å². The number of anilines is 2. The molecule has 0 bridgehead atoms. The van der Waals surface area contributed by atoms with Gasteiger partial charge in [-0.2, -0.15) is 0 Å². The van der Waals surface area contributed by atoms with E-state index in [1.165, 1.54) is 0 Å². The van der Waals surface area contributed by atoms with Gasteiger partial charge in [-0.25, -0.2) is 4.79 Å². The van der Waals surface area contributed by atoms with Gasteiger partial charge in [-0.3, -0.25) is 0 Å². The average molecular weight is 278 g/mol. The van der Waals surface area contributed by atoms with Crippen LogP contribution in [0.2, 0.25) is 0 Å². The molecule has 0 amide bonds. The lowest BCUT2D eigenvalue weighted by Gasteiger charge is -2.37. The molecule has 0 radical (unpaired) electrons. The minimum atomic E-state index is -0.374. The van der Waals surface area contributed by atoms with Crippen LogP contribution in [0.15, 0.2) is 18.2 Å². The van der Waals surface area contributed by atoms with Gasteiger partial charge in [-0.05, 0) is 39.0 Å². The van der Waals surface area contributed by atoms with E-state index >= 15 is 0 Å². The number of hydrogen-bond acceptors (Lipinski definition) is 5. The first-order valence-electron chi connectivity index (χ1n) is 6.98. The van der Waals surface area contributed by atoms with Crippen molar-refractivity contribution in [3.63, 3.8) is 0 Å². The summed E-state index contributed by atoms with van der Waals surface area (Å²) in [6.07, 6.45) is 0.338. The van der Waals surface area contributed by atoms with Crippen LogP contribution in [-0.2, 0) is 9.47 Å². The highest BCUT2D eigenvalue weighted by molar-refractivity contribution is 5.96. The Kier molecular flexibility index (Phi) is 4.49. The molecule has 0 saturated carbocycles. The summed E-state index contributed by atoms with van der Waals surface area (Å²) in [5, 5.41) is 0. The molecule has 1 saturated heterocycles. The minimum Gasteiger partial charge on any atom is -0.462 e. The van der Waals surface area contributed by atoms with E-state index in [0.29, 0.717) is 17.9 Å². The van der Waals surface area contributed by atoms with Gasteiger partial charge >= 0.3 is 5.97 Å². The Morgan fingerprint density at radius 1 is 1.40 bits per heavy atom. The molecule has 1 fully saturated rings. The Bertz CT molecular complexity index is 480. The fourth-order valence-corrected chi connectivity index (χ4v) is 2.52. The second-order valence-electron chi connectivity index (χ2n) is 5.15. The Hall–Kier alpha value is -1.75. The fraction of sp³-hybridized carbons (Fsp3) is 0.533. The maximum Gasteiger partial charge on any atom is 0.340 e. The third-order valence-electron chi connectivity index (χ3n) is 3.32. The van der Waals surface area contributed by atoms with E-state index in [0.717, 1.165) is 18.8 Å². The molecule has 1 aliphatic heterocycles. The first kappa shape index (κ1) is 14.7. The number of ether oxygens (including phenoxy) is 2. The van der Waals surface area contributed by atoms with Crippen LogP contribution in [0.5, 0.6) is 0 Å². The summed E-state index contributed by atoms with van der Waals surface area (Å²) in [5.74, 6) is -0.374. The maximum atomic E-state index is 11.9. The summed E-state index contributed by atoms with van der Waals surface area (Å²) in [6, 6.07) is 5.49. The molecule has 0 unspecified atom stereocenters. The first-order valence-corrected chi connectivity index (χ1v) is 6.98. The van der Waals surface area contributed by atoms with Gasteiger partial charge in [0, 0.05) is 24.5 Å². The zero-order valence-electron chi connectivity index (χ0n) is 12.3. The van der Waals surface area contributed by atoms with Crippen molar-refractivity contribution in [2.75, 3.05) is 30.3 Å². The zero-order valence-corrected chi connectivity index (χ0v) is 12.3. The molecule has 0 aromatic heterocycles. The number of carbonyl (C=O) groups excluding carboxylic acids is 1. The van der Waals surface area contributed by atoms with Gasteiger partial charge in [0.1, 0.15) is 0 Å². The van der Waals surface area contributed by atoms with Crippen LogP contribution in [-0.4, -0.2) is 37.9 Å². The van der Waals surface area contributed by atoms with E-state index in [1.807, 2.05) is 19.9 Å². The third-order valence-corrected chi connectivity index (χ3v) is 3.32. The molecule has 1 aromatic rings. The highest BCUT2D eigenvalue weighted by atomic mass is 16.5. The lowest BCUT2D eigenvalue weighted by atomic mass is 10.1. The molecule has 5 nitrogen and oxygen atoms in total. The Labute approximate surface area is 119 Å². The van der Waals surface area contributed by atoms with Crippen LogP contribution in [0.25, 0.3) is 0 Å². The number of nitrogens with two attached hydrogens (primary N) is 1. The minimum absolute atomic E-state index is 0.169. The lowest BCUT2D eigenvalue weighted by molar-refractivity contribution is -0.00521. The van der Waals surface area contributed by atoms with Gasteiger partial charge in [0.15, 0.2) is 0 Å². The van der Waals surface area contributed by atoms with Crippen molar-refractivity contribution in [3.8, 4) is 0 Å². The Morgan fingerprint density at radius 3 is 2.65 bits per heavy atom. The molecule has 2 rings (SSSR count). The molecule has 110 valence electrons. The third kappa shape index (κ3) is 3.22. The molecular formula is C15H22N2O3. The quantitative estimate of drug-likeness (QED) is 0.677. The fourth-order valence-electron chi connectivity index (χ4n) is 2.52. The van der Waals surface area contributed by atoms with Crippen molar-refractivity contribution >= 4 is 17.3 Å². The summed E-state index contributed by atoms with van der Waals surface area (Å²) in [7, 11) is 0. The van der Waals surface area contributed by atoms with Crippen molar-refractivity contribution in [2.45, 2.75) is 33.0 Å². The predicted octanol–water partition coefficient (Wildman–Crippen LogP) is 2.06. The number of benzene rings is 1. The summed E-state index contributed by atoms with van der Waals surface area (Å²) in [4.78, 5) is 14.1. The number of nitrogens with zero attached hydrogens (tertiary/aromatic N) is 1. The van der Waals surface area contributed by atoms with Gasteiger partial charge in [-0.1, -0.05) is 0 Å². The van der Waals surface area contributed by atoms with Gasteiger partial charge in [0.2, 0.25) is 0 Å². The Morgan fingerprint density at radius 2 is 2.05 bits per heavy atom. The molecule has 20 heavy (non-hydrogen) atoms. The highest BCUT2D eigenvalue weighted by Crippen LogP contribution is 2.25. The van der Waals surface area contributed by atoms with Crippen molar-refractivity contribution in [3.05, 3.63) is 23.8 Å². The second-order valence-corrected chi connectivity index (χ2v) is 5.15. The van der Waals surface area contributed by atoms with Crippen LogP contribution in [0, 0.1) is 0 Å². The highest BCUT2D eigenvalue weighted by Gasteiger charge is 2.23. The van der Waals surface area contributed by atoms with E-state index in [9.17, 15) is 4.79 Å². The van der Waals surface area contributed by atoms with Crippen LogP contribution in [0.4, 0.5) is 11.4 Å². The number of morpholine rings is 1. The molecular weight excluding hydrogens is 256 g/mol. The standard InChI is InChI=1S/C15H22N2O3/c1-4-19-15(18)13-7-12(5-6-14(13)16)17-8-10(2)20-11(3)9-17/h5-7,10-11H,4,8-9,16H2,1-3H3/t10-,11+. The first-order chi connectivity index (χ1) is 9.51. The SMILES string of the molecule is CCOC(=O)c1cc(N2C[C@@H](C)O[C@@H](C)C2)ccc1N. The normalized spacial score (nSPS) is 22.6.